The van der Waals surface area contributed by atoms with Gasteiger partial charge in [0.15, 0.2) is 5.11 Å². The SMILES string of the molecule is CC(C)NC(=S)Nc1cc(Cl)cc(C(C)O)c1O. The number of hydrogen-bond donors (Lipinski definition) is 4. The van der Waals surface area contributed by atoms with Crippen LogP contribution in [0, 0.1) is 0 Å². The van der Waals surface area contributed by atoms with Gasteiger partial charge in [-0.1, -0.05) is 11.6 Å². The molecular formula is C12H17ClN2O2S. The zero-order chi connectivity index (χ0) is 13.9. The maximum atomic E-state index is 10.00. The van der Waals surface area contributed by atoms with Gasteiger partial charge in [-0.25, -0.2) is 0 Å². The number of nitrogens with one attached hydrogen (secondary N) is 2. The van der Waals surface area contributed by atoms with Crippen molar-refractivity contribution in [1.29, 1.82) is 0 Å². The molecular weight excluding hydrogens is 272 g/mol. The van der Waals surface area contributed by atoms with E-state index in [1.807, 2.05) is 13.8 Å². The zero-order valence-electron chi connectivity index (χ0n) is 10.5. The molecule has 1 atom stereocenters. The molecule has 0 saturated carbocycles. The van der Waals surface area contributed by atoms with Crippen LogP contribution in [0.4, 0.5) is 5.69 Å². The van der Waals surface area contributed by atoms with Crippen molar-refractivity contribution in [2.75, 3.05) is 5.32 Å². The molecule has 1 unspecified atom stereocenters. The lowest BCUT2D eigenvalue weighted by molar-refractivity contribution is 0.195. The van der Waals surface area contributed by atoms with Gasteiger partial charge in [-0.2, -0.15) is 0 Å². The fourth-order valence-electron chi connectivity index (χ4n) is 1.45. The molecule has 4 N–H and O–H groups in total. The Bertz CT molecular complexity index is 450. The first-order chi connectivity index (χ1) is 8.31. The Morgan fingerprint density at radius 1 is 1.33 bits per heavy atom. The molecule has 100 valence electrons. The van der Waals surface area contributed by atoms with Gasteiger partial charge in [-0.3, -0.25) is 0 Å². The van der Waals surface area contributed by atoms with Gasteiger partial charge in [0.2, 0.25) is 0 Å². The highest BCUT2D eigenvalue weighted by Gasteiger charge is 2.14. The first kappa shape index (κ1) is 15.0. The molecule has 0 saturated heterocycles. The maximum absolute atomic E-state index is 10.00. The molecule has 1 rings (SSSR count). The Labute approximate surface area is 117 Å². The fourth-order valence-corrected chi connectivity index (χ4v) is 2.03. The largest absolute Gasteiger partial charge is 0.505 e. The number of phenols is 1. The summed E-state index contributed by atoms with van der Waals surface area (Å²) in [5.41, 5.74) is 0.730. The Morgan fingerprint density at radius 3 is 2.44 bits per heavy atom. The highest BCUT2D eigenvalue weighted by atomic mass is 35.5. The topological polar surface area (TPSA) is 64.5 Å². The quantitative estimate of drug-likeness (QED) is 0.509. The summed E-state index contributed by atoms with van der Waals surface area (Å²) in [4.78, 5) is 0. The van der Waals surface area contributed by atoms with Crippen molar-refractivity contribution in [3.63, 3.8) is 0 Å². The van der Waals surface area contributed by atoms with Crippen LogP contribution in [0.5, 0.6) is 5.75 Å². The molecule has 1 aromatic rings. The molecule has 0 fully saturated rings. The standard InChI is InChI=1S/C12H17ClN2O2S/c1-6(2)14-12(18)15-10-5-8(13)4-9(7(3)16)11(10)17/h4-7,16-17H,1-3H3,(H2,14,15,18). The number of phenolic OH excluding ortho intramolecular Hbond substituents is 1. The number of aromatic hydroxyl groups is 1. The van der Waals surface area contributed by atoms with E-state index in [-0.39, 0.29) is 11.8 Å². The average molecular weight is 289 g/mol. The number of aliphatic hydroxyl groups is 1. The third kappa shape index (κ3) is 4.01. The van der Waals surface area contributed by atoms with Gasteiger partial charge in [0.1, 0.15) is 5.75 Å². The Kier molecular flexibility index (Phi) is 5.19. The van der Waals surface area contributed by atoms with E-state index in [1.165, 1.54) is 6.07 Å². The van der Waals surface area contributed by atoms with Crippen molar-refractivity contribution in [2.24, 2.45) is 0 Å². The molecule has 4 nitrogen and oxygen atoms in total. The normalized spacial score (nSPS) is 12.3. The fraction of sp³-hybridized carbons (Fsp3) is 0.417. The summed E-state index contributed by atoms with van der Waals surface area (Å²) in [6.07, 6.45) is -0.809. The average Bonchev–Trinajstić information content (AvgIpc) is 2.21. The van der Waals surface area contributed by atoms with Crippen LogP contribution in [0.1, 0.15) is 32.4 Å². The summed E-state index contributed by atoms with van der Waals surface area (Å²) in [6, 6.07) is 3.26. The van der Waals surface area contributed by atoms with Crippen LogP contribution >= 0.6 is 23.8 Å². The van der Waals surface area contributed by atoms with Crippen LogP contribution in [0.3, 0.4) is 0 Å². The zero-order valence-corrected chi connectivity index (χ0v) is 12.1. The maximum Gasteiger partial charge on any atom is 0.171 e. The van der Waals surface area contributed by atoms with E-state index >= 15 is 0 Å². The van der Waals surface area contributed by atoms with Crippen LogP contribution in [-0.4, -0.2) is 21.4 Å². The lowest BCUT2D eigenvalue weighted by Crippen LogP contribution is -2.33. The smallest absolute Gasteiger partial charge is 0.171 e. The molecule has 0 aromatic heterocycles. The van der Waals surface area contributed by atoms with E-state index in [0.717, 1.165) is 0 Å². The van der Waals surface area contributed by atoms with Gasteiger partial charge in [-0.05, 0) is 45.1 Å². The van der Waals surface area contributed by atoms with E-state index in [1.54, 1.807) is 13.0 Å². The Balaban J connectivity index is 2.99. The summed E-state index contributed by atoms with van der Waals surface area (Å²) in [7, 11) is 0. The molecule has 18 heavy (non-hydrogen) atoms. The summed E-state index contributed by atoms with van der Waals surface area (Å²) < 4.78 is 0. The van der Waals surface area contributed by atoms with Gasteiger partial charge in [-0.15, -0.1) is 0 Å². The van der Waals surface area contributed by atoms with E-state index < -0.39 is 6.10 Å². The lowest BCUT2D eigenvalue weighted by Gasteiger charge is -2.17. The van der Waals surface area contributed by atoms with Gasteiger partial charge in [0, 0.05) is 16.6 Å². The van der Waals surface area contributed by atoms with Crippen molar-refractivity contribution in [2.45, 2.75) is 32.9 Å². The van der Waals surface area contributed by atoms with Gasteiger partial charge in [0.25, 0.3) is 0 Å². The van der Waals surface area contributed by atoms with Crippen molar-refractivity contribution in [3.8, 4) is 5.75 Å². The number of halogens is 1. The highest BCUT2D eigenvalue weighted by Crippen LogP contribution is 2.35. The summed E-state index contributed by atoms with van der Waals surface area (Å²) in [6.45, 7) is 5.46. The van der Waals surface area contributed by atoms with E-state index in [4.69, 9.17) is 23.8 Å². The van der Waals surface area contributed by atoms with Crippen molar-refractivity contribution in [3.05, 3.63) is 22.7 Å². The van der Waals surface area contributed by atoms with Crippen molar-refractivity contribution >= 4 is 34.6 Å². The third-order valence-electron chi connectivity index (χ3n) is 2.22. The van der Waals surface area contributed by atoms with Crippen molar-refractivity contribution in [1.82, 2.24) is 5.32 Å². The predicted octanol–water partition coefficient (Wildman–Crippen LogP) is 2.79. The molecule has 1 aromatic carbocycles. The number of hydrogen-bond acceptors (Lipinski definition) is 3. The number of thiocarbonyl (C=S) groups is 1. The van der Waals surface area contributed by atoms with E-state index in [0.29, 0.717) is 21.4 Å². The van der Waals surface area contributed by atoms with Crippen LogP contribution < -0.4 is 10.6 Å². The Morgan fingerprint density at radius 2 is 1.94 bits per heavy atom. The minimum absolute atomic E-state index is 0.0534. The summed E-state index contributed by atoms with van der Waals surface area (Å²) in [5.74, 6) is -0.0534. The van der Waals surface area contributed by atoms with Crippen LogP contribution in [0.2, 0.25) is 5.02 Å². The molecule has 0 aliphatic carbocycles. The molecule has 0 radical (unpaired) electrons. The molecule has 0 heterocycles. The first-order valence-corrected chi connectivity index (χ1v) is 6.38. The molecule has 6 heteroatoms. The third-order valence-corrected chi connectivity index (χ3v) is 2.66. The second-order valence-corrected chi connectivity index (χ2v) is 5.17. The van der Waals surface area contributed by atoms with Crippen LogP contribution in [0.25, 0.3) is 0 Å². The number of rotatable bonds is 3. The van der Waals surface area contributed by atoms with Gasteiger partial charge in [0.05, 0.1) is 11.8 Å². The number of anilines is 1. The molecule has 0 spiro atoms. The minimum atomic E-state index is -0.809. The second kappa shape index (κ2) is 6.22. The monoisotopic (exact) mass is 288 g/mol. The minimum Gasteiger partial charge on any atom is -0.505 e. The van der Waals surface area contributed by atoms with Gasteiger partial charge < -0.3 is 20.8 Å². The molecule has 0 bridgehead atoms. The predicted molar refractivity (Wildman–Crippen MR) is 78.2 cm³/mol. The van der Waals surface area contributed by atoms with Crippen LogP contribution in [-0.2, 0) is 0 Å². The Hall–Kier alpha value is -1.04. The van der Waals surface area contributed by atoms with Crippen molar-refractivity contribution < 1.29 is 10.2 Å². The van der Waals surface area contributed by atoms with Crippen LogP contribution in [0.15, 0.2) is 12.1 Å². The van der Waals surface area contributed by atoms with E-state index in [2.05, 4.69) is 10.6 Å². The number of benzene rings is 1. The highest BCUT2D eigenvalue weighted by molar-refractivity contribution is 7.80. The molecule has 0 aliphatic rings. The lowest BCUT2D eigenvalue weighted by atomic mass is 10.1. The number of aliphatic hydroxyl groups excluding tert-OH is 1. The summed E-state index contributed by atoms with van der Waals surface area (Å²) >= 11 is 11.0. The summed E-state index contributed by atoms with van der Waals surface area (Å²) in [5, 5.41) is 26.2. The molecule has 0 aliphatic heterocycles. The molecule has 0 amide bonds. The second-order valence-electron chi connectivity index (χ2n) is 4.32. The first-order valence-electron chi connectivity index (χ1n) is 5.59. The van der Waals surface area contributed by atoms with E-state index in [9.17, 15) is 10.2 Å². The van der Waals surface area contributed by atoms with Gasteiger partial charge >= 0.3 is 0 Å².